The van der Waals surface area contributed by atoms with E-state index in [0.29, 0.717) is 11.8 Å². The van der Waals surface area contributed by atoms with Crippen LogP contribution >= 0.6 is 11.8 Å². The lowest BCUT2D eigenvalue weighted by Crippen LogP contribution is -2.53. The topological polar surface area (TPSA) is 59.8 Å². The number of para-hydroxylation sites is 1. The summed E-state index contributed by atoms with van der Waals surface area (Å²) in [6.45, 7) is 9.21. The lowest BCUT2D eigenvalue weighted by atomic mass is 9.49. The number of nitrogens with zero attached hydrogens (tertiary/aromatic N) is 3. The molecule has 2 aromatic rings. The quantitative estimate of drug-likeness (QED) is 0.505. The van der Waals surface area contributed by atoms with Crippen molar-refractivity contribution in [3.63, 3.8) is 0 Å². The Bertz CT molecular complexity index is 970. The van der Waals surface area contributed by atoms with E-state index in [9.17, 15) is 4.79 Å². The summed E-state index contributed by atoms with van der Waals surface area (Å²) in [5.74, 6) is 3.40. The SMILES string of the molecule is CCc1cccc(CC)c1-n1c(CNC(=O)C23CC4CC(CC(C4)C2)C3)nnc1SC(C)C. The van der Waals surface area contributed by atoms with Crippen molar-refractivity contribution < 1.29 is 4.79 Å². The molecule has 0 atom stereocenters. The summed E-state index contributed by atoms with van der Waals surface area (Å²) in [7, 11) is 0. The second kappa shape index (κ2) is 9.09. The van der Waals surface area contributed by atoms with Gasteiger partial charge in [-0.15, -0.1) is 10.2 Å². The number of nitrogens with one attached hydrogen (secondary N) is 1. The molecule has 6 heteroatoms. The summed E-state index contributed by atoms with van der Waals surface area (Å²) >= 11 is 1.74. The van der Waals surface area contributed by atoms with Crippen molar-refractivity contribution in [1.29, 1.82) is 0 Å². The van der Waals surface area contributed by atoms with Crippen molar-refractivity contribution in [2.24, 2.45) is 23.2 Å². The summed E-state index contributed by atoms with van der Waals surface area (Å²) in [6, 6.07) is 6.56. The van der Waals surface area contributed by atoms with Gasteiger partial charge in [0.15, 0.2) is 11.0 Å². The molecule has 4 aliphatic carbocycles. The zero-order valence-corrected chi connectivity index (χ0v) is 21.4. The number of aryl methyl sites for hydroxylation is 2. The largest absolute Gasteiger partial charge is 0.348 e. The van der Waals surface area contributed by atoms with Crippen LogP contribution in [0.25, 0.3) is 5.69 Å². The highest BCUT2D eigenvalue weighted by molar-refractivity contribution is 7.99. The summed E-state index contributed by atoms with van der Waals surface area (Å²) in [6.07, 6.45) is 9.22. The van der Waals surface area contributed by atoms with E-state index in [1.165, 1.54) is 36.1 Å². The Balaban J connectivity index is 1.44. The van der Waals surface area contributed by atoms with Crippen LogP contribution < -0.4 is 5.32 Å². The van der Waals surface area contributed by atoms with E-state index in [0.717, 1.165) is 60.8 Å². The van der Waals surface area contributed by atoms with Crippen LogP contribution in [0.1, 0.15) is 83.2 Å². The first kappa shape index (κ1) is 22.9. The average molecular weight is 467 g/mol. The second-order valence-electron chi connectivity index (χ2n) is 10.9. The normalized spacial score (nSPS) is 28.0. The fourth-order valence-electron chi connectivity index (χ4n) is 7.16. The number of carbonyl (C=O) groups excluding carboxylic acids is 1. The van der Waals surface area contributed by atoms with Gasteiger partial charge in [0.1, 0.15) is 0 Å². The van der Waals surface area contributed by atoms with Crippen LogP contribution in [-0.4, -0.2) is 25.9 Å². The Morgan fingerprint density at radius 2 is 1.64 bits per heavy atom. The lowest BCUT2D eigenvalue weighted by Gasteiger charge is -2.55. The molecule has 1 amide bonds. The van der Waals surface area contributed by atoms with Gasteiger partial charge < -0.3 is 5.32 Å². The van der Waals surface area contributed by atoms with E-state index in [1.54, 1.807) is 11.8 Å². The van der Waals surface area contributed by atoms with Crippen LogP contribution in [0.5, 0.6) is 0 Å². The number of aromatic nitrogens is 3. The predicted molar refractivity (Wildman–Crippen MR) is 134 cm³/mol. The molecule has 178 valence electrons. The van der Waals surface area contributed by atoms with Gasteiger partial charge in [-0.2, -0.15) is 0 Å². The monoisotopic (exact) mass is 466 g/mol. The highest BCUT2D eigenvalue weighted by Crippen LogP contribution is 2.60. The lowest BCUT2D eigenvalue weighted by molar-refractivity contribution is -0.146. The standard InChI is InChI=1S/C27H38N4OS/c1-5-21-8-7-9-22(6-2)24(21)31-23(29-30-26(31)33-17(3)4)16-28-25(32)27-13-18-10-19(14-27)12-20(11-18)15-27/h7-9,17-20H,5-6,10-16H2,1-4H3,(H,28,32). The van der Waals surface area contributed by atoms with Crippen LogP contribution in [-0.2, 0) is 24.2 Å². The van der Waals surface area contributed by atoms with Crippen LogP contribution in [0.2, 0.25) is 0 Å². The van der Waals surface area contributed by atoms with Crippen molar-refractivity contribution in [2.75, 3.05) is 0 Å². The van der Waals surface area contributed by atoms with Crippen molar-refractivity contribution >= 4 is 17.7 Å². The number of rotatable bonds is 8. The maximum Gasteiger partial charge on any atom is 0.226 e. The Morgan fingerprint density at radius 1 is 1.06 bits per heavy atom. The first-order valence-corrected chi connectivity index (χ1v) is 13.8. The van der Waals surface area contributed by atoms with Crippen LogP contribution in [0.15, 0.2) is 23.4 Å². The third kappa shape index (κ3) is 4.24. The van der Waals surface area contributed by atoms with E-state index in [1.807, 2.05) is 0 Å². The number of benzene rings is 1. The molecule has 1 aromatic heterocycles. The Labute approximate surface area is 202 Å². The van der Waals surface area contributed by atoms with Gasteiger partial charge in [0, 0.05) is 10.7 Å². The summed E-state index contributed by atoms with van der Waals surface area (Å²) < 4.78 is 2.22. The maximum atomic E-state index is 13.6. The van der Waals surface area contributed by atoms with Gasteiger partial charge in [0.25, 0.3) is 0 Å². The highest BCUT2D eigenvalue weighted by Gasteiger charge is 2.54. The molecule has 33 heavy (non-hydrogen) atoms. The zero-order valence-electron chi connectivity index (χ0n) is 20.6. The number of hydrogen-bond acceptors (Lipinski definition) is 4. The third-order valence-electron chi connectivity index (χ3n) is 8.16. The molecule has 1 aromatic carbocycles. The van der Waals surface area contributed by atoms with Crippen molar-refractivity contribution in [3.8, 4) is 5.69 Å². The molecule has 0 unspecified atom stereocenters. The van der Waals surface area contributed by atoms with Crippen molar-refractivity contribution in [3.05, 3.63) is 35.2 Å². The Hall–Kier alpha value is -1.82. The number of carbonyl (C=O) groups is 1. The molecule has 1 N–H and O–H groups in total. The number of amides is 1. The minimum Gasteiger partial charge on any atom is -0.348 e. The fraction of sp³-hybridized carbons (Fsp3) is 0.667. The van der Waals surface area contributed by atoms with Crippen molar-refractivity contribution in [2.45, 2.75) is 96.0 Å². The van der Waals surface area contributed by atoms with Gasteiger partial charge in [-0.3, -0.25) is 9.36 Å². The molecule has 5 nitrogen and oxygen atoms in total. The molecule has 4 fully saturated rings. The van der Waals surface area contributed by atoms with Gasteiger partial charge in [-0.25, -0.2) is 0 Å². The molecule has 4 aliphatic rings. The second-order valence-corrected chi connectivity index (χ2v) is 12.5. The first-order valence-electron chi connectivity index (χ1n) is 12.9. The Morgan fingerprint density at radius 3 is 2.15 bits per heavy atom. The highest BCUT2D eigenvalue weighted by atomic mass is 32.2. The van der Waals surface area contributed by atoms with Gasteiger partial charge in [0.2, 0.25) is 5.91 Å². The zero-order chi connectivity index (χ0) is 23.2. The number of hydrogen-bond donors (Lipinski definition) is 1. The van der Waals surface area contributed by atoms with Crippen LogP contribution in [0.4, 0.5) is 0 Å². The maximum absolute atomic E-state index is 13.6. The molecular formula is C27H38N4OS. The minimum atomic E-state index is -0.134. The van der Waals surface area contributed by atoms with E-state index < -0.39 is 0 Å². The average Bonchev–Trinajstić information content (AvgIpc) is 3.16. The molecule has 4 saturated carbocycles. The molecule has 4 bridgehead atoms. The van der Waals surface area contributed by atoms with E-state index in [2.05, 4.69) is 66.0 Å². The smallest absolute Gasteiger partial charge is 0.226 e. The molecule has 1 heterocycles. The number of thioether (sulfide) groups is 1. The molecular weight excluding hydrogens is 428 g/mol. The molecule has 0 saturated heterocycles. The van der Waals surface area contributed by atoms with Gasteiger partial charge in [-0.05, 0) is 80.2 Å². The molecule has 6 rings (SSSR count). The van der Waals surface area contributed by atoms with Crippen LogP contribution in [0, 0.1) is 23.2 Å². The molecule has 0 spiro atoms. The summed E-state index contributed by atoms with van der Waals surface area (Å²) in [5, 5.41) is 13.8. The van der Waals surface area contributed by atoms with E-state index in [4.69, 9.17) is 0 Å². The van der Waals surface area contributed by atoms with E-state index >= 15 is 0 Å². The fourth-order valence-corrected chi connectivity index (χ4v) is 7.98. The molecule has 0 aliphatic heterocycles. The van der Waals surface area contributed by atoms with E-state index in [-0.39, 0.29) is 11.3 Å². The molecule has 0 radical (unpaired) electrons. The minimum absolute atomic E-state index is 0.134. The van der Waals surface area contributed by atoms with Gasteiger partial charge in [-0.1, -0.05) is 57.7 Å². The summed E-state index contributed by atoms with van der Waals surface area (Å²) in [5.41, 5.74) is 3.67. The van der Waals surface area contributed by atoms with Crippen LogP contribution in [0.3, 0.4) is 0 Å². The van der Waals surface area contributed by atoms with Gasteiger partial charge in [0.05, 0.1) is 12.2 Å². The predicted octanol–water partition coefficient (Wildman–Crippen LogP) is 5.73. The van der Waals surface area contributed by atoms with Gasteiger partial charge >= 0.3 is 0 Å². The van der Waals surface area contributed by atoms with Crippen molar-refractivity contribution in [1.82, 2.24) is 20.1 Å². The third-order valence-corrected chi connectivity index (χ3v) is 9.10. The summed E-state index contributed by atoms with van der Waals surface area (Å²) in [4.78, 5) is 13.6. The Kier molecular flexibility index (Phi) is 6.32. The first-order chi connectivity index (χ1) is 15.9.